The third-order valence-electron chi connectivity index (χ3n) is 3.19. The van der Waals surface area contributed by atoms with Crippen LogP contribution in [-0.4, -0.2) is 41.4 Å². The van der Waals surface area contributed by atoms with E-state index < -0.39 is 0 Å². The summed E-state index contributed by atoms with van der Waals surface area (Å²) >= 11 is 0. The number of ether oxygens (including phenoxy) is 1. The maximum absolute atomic E-state index is 9.90. The molecule has 0 saturated heterocycles. The summed E-state index contributed by atoms with van der Waals surface area (Å²) in [6.45, 7) is 7.52. The van der Waals surface area contributed by atoms with Crippen LogP contribution in [-0.2, 0) is 4.74 Å². The lowest BCUT2D eigenvalue weighted by atomic mass is 10.0. The van der Waals surface area contributed by atoms with Crippen LogP contribution < -0.4 is 0 Å². The van der Waals surface area contributed by atoms with Gasteiger partial charge in [-0.15, -0.1) is 0 Å². The van der Waals surface area contributed by atoms with E-state index in [2.05, 4.69) is 18.7 Å². The number of phenols is 2. The minimum absolute atomic E-state index is 0.0682. The Hall–Kier alpha value is -1.26. The summed E-state index contributed by atoms with van der Waals surface area (Å²) in [6, 6.07) is 5.06. The molecule has 0 spiro atoms. The first kappa shape index (κ1) is 14.8. The molecule has 0 heterocycles. The van der Waals surface area contributed by atoms with E-state index in [1.54, 1.807) is 25.3 Å². The lowest BCUT2D eigenvalue weighted by molar-refractivity contribution is 0.0997. The van der Waals surface area contributed by atoms with Crippen LogP contribution in [0.25, 0.3) is 0 Å². The molecule has 0 amide bonds. The van der Waals surface area contributed by atoms with Crippen molar-refractivity contribution in [2.45, 2.75) is 32.9 Å². The summed E-state index contributed by atoms with van der Waals surface area (Å²) in [4.78, 5) is 2.18. The van der Waals surface area contributed by atoms with E-state index in [-0.39, 0.29) is 17.5 Å². The molecule has 1 atom stereocenters. The number of hydrogen-bond acceptors (Lipinski definition) is 4. The number of aromatic hydroxyl groups is 2. The van der Waals surface area contributed by atoms with Crippen molar-refractivity contribution in [2.24, 2.45) is 0 Å². The minimum Gasteiger partial charge on any atom is -0.507 e. The van der Waals surface area contributed by atoms with Gasteiger partial charge in [0.05, 0.1) is 12.2 Å². The topological polar surface area (TPSA) is 52.9 Å². The van der Waals surface area contributed by atoms with Crippen LogP contribution in [0.15, 0.2) is 18.2 Å². The molecule has 1 aromatic rings. The van der Waals surface area contributed by atoms with E-state index in [1.165, 1.54) is 0 Å². The molecule has 1 rings (SSSR count). The van der Waals surface area contributed by atoms with Gasteiger partial charge < -0.3 is 14.9 Å². The predicted octanol–water partition coefficient (Wildman–Crippen LogP) is 2.52. The first-order valence-electron chi connectivity index (χ1n) is 6.24. The average molecular weight is 253 g/mol. The van der Waals surface area contributed by atoms with Crippen LogP contribution in [0.4, 0.5) is 0 Å². The highest BCUT2D eigenvalue weighted by Gasteiger charge is 2.23. The quantitative estimate of drug-likeness (QED) is 0.818. The second-order valence-corrected chi connectivity index (χ2v) is 4.71. The molecule has 0 aliphatic heterocycles. The second kappa shape index (κ2) is 6.61. The number of rotatable bonds is 6. The predicted molar refractivity (Wildman–Crippen MR) is 71.9 cm³/mol. The van der Waals surface area contributed by atoms with Crippen LogP contribution in [0.2, 0.25) is 0 Å². The van der Waals surface area contributed by atoms with Gasteiger partial charge in [-0.2, -0.15) is 0 Å². The van der Waals surface area contributed by atoms with E-state index >= 15 is 0 Å². The molecule has 0 saturated carbocycles. The van der Waals surface area contributed by atoms with Crippen LogP contribution in [0.3, 0.4) is 0 Å². The maximum Gasteiger partial charge on any atom is 0.124 e. The number of hydrogen-bond donors (Lipinski definition) is 2. The smallest absolute Gasteiger partial charge is 0.124 e. The Morgan fingerprint density at radius 3 is 2.17 bits per heavy atom. The molecule has 0 radical (unpaired) electrons. The SMILES string of the molecule is COCCN(C(C)C)C(C)c1c(O)cccc1O. The fraction of sp³-hybridized carbons (Fsp3) is 0.571. The zero-order chi connectivity index (χ0) is 13.7. The van der Waals surface area contributed by atoms with Crippen molar-refractivity contribution in [3.63, 3.8) is 0 Å². The first-order chi connectivity index (χ1) is 8.49. The third-order valence-corrected chi connectivity index (χ3v) is 3.19. The molecule has 2 N–H and O–H groups in total. The summed E-state index contributed by atoms with van der Waals surface area (Å²) in [6.07, 6.45) is 0. The Bertz CT molecular complexity index is 359. The number of methoxy groups -OCH3 is 1. The molecule has 0 aromatic heterocycles. The maximum atomic E-state index is 9.90. The molecule has 4 heteroatoms. The van der Waals surface area contributed by atoms with E-state index in [0.717, 1.165) is 6.54 Å². The lowest BCUT2D eigenvalue weighted by Gasteiger charge is -2.33. The van der Waals surface area contributed by atoms with Crippen molar-refractivity contribution in [2.75, 3.05) is 20.3 Å². The van der Waals surface area contributed by atoms with Crippen LogP contribution in [0.5, 0.6) is 11.5 Å². The van der Waals surface area contributed by atoms with Crippen molar-refractivity contribution in [3.05, 3.63) is 23.8 Å². The first-order valence-corrected chi connectivity index (χ1v) is 6.24. The monoisotopic (exact) mass is 253 g/mol. The van der Waals surface area contributed by atoms with Crippen molar-refractivity contribution < 1.29 is 14.9 Å². The third kappa shape index (κ3) is 3.37. The molecule has 102 valence electrons. The number of nitrogens with zero attached hydrogens (tertiary/aromatic N) is 1. The molecule has 4 nitrogen and oxygen atoms in total. The summed E-state index contributed by atoms with van der Waals surface area (Å²) in [5.74, 6) is 0.260. The molecule has 0 aliphatic rings. The van der Waals surface area contributed by atoms with Crippen LogP contribution in [0.1, 0.15) is 32.4 Å². The second-order valence-electron chi connectivity index (χ2n) is 4.71. The number of benzene rings is 1. The van der Waals surface area contributed by atoms with Gasteiger partial charge in [-0.1, -0.05) is 6.07 Å². The van der Waals surface area contributed by atoms with Gasteiger partial charge in [0.25, 0.3) is 0 Å². The standard InChI is InChI=1S/C14H23NO3/c1-10(2)15(8-9-18-4)11(3)14-12(16)6-5-7-13(14)17/h5-7,10-11,16-17H,8-9H2,1-4H3. The molecule has 1 unspecified atom stereocenters. The zero-order valence-corrected chi connectivity index (χ0v) is 11.6. The average Bonchev–Trinajstić information content (AvgIpc) is 2.28. The molecular weight excluding hydrogens is 230 g/mol. The molecule has 0 fully saturated rings. The van der Waals surface area contributed by atoms with Crippen molar-refractivity contribution in [1.29, 1.82) is 0 Å². The van der Waals surface area contributed by atoms with Gasteiger partial charge in [0.1, 0.15) is 11.5 Å². The van der Waals surface area contributed by atoms with E-state index in [1.807, 2.05) is 6.92 Å². The summed E-state index contributed by atoms with van der Waals surface area (Å²) in [5.41, 5.74) is 0.572. The van der Waals surface area contributed by atoms with Crippen LogP contribution >= 0.6 is 0 Å². The van der Waals surface area contributed by atoms with Gasteiger partial charge in [0, 0.05) is 25.7 Å². The molecule has 0 bridgehead atoms. The van der Waals surface area contributed by atoms with Crippen molar-refractivity contribution in [1.82, 2.24) is 4.90 Å². The highest BCUT2D eigenvalue weighted by molar-refractivity contribution is 5.45. The summed E-state index contributed by atoms with van der Waals surface area (Å²) in [7, 11) is 1.67. The summed E-state index contributed by atoms with van der Waals surface area (Å²) in [5, 5.41) is 19.8. The van der Waals surface area contributed by atoms with Gasteiger partial charge in [-0.05, 0) is 32.9 Å². The van der Waals surface area contributed by atoms with Gasteiger partial charge in [0.2, 0.25) is 0 Å². The Morgan fingerprint density at radius 1 is 1.17 bits per heavy atom. The Morgan fingerprint density at radius 2 is 1.72 bits per heavy atom. The largest absolute Gasteiger partial charge is 0.507 e. The fourth-order valence-electron chi connectivity index (χ4n) is 2.23. The lowest BCUT2D eigenvalue weighted by Crippen LogP contribution is -2.36. The van der Waals surface area contributed by atoms with Gasteiger partial charge in [0.15, 0.2) is 0 Å². The van der Waals surface area contributed by atoms with E-state index in [4.69, 9.17) is 4.74 Å². The molecular formula is C14H23NO3. The highest BCUT2D eigenvalue weighted by Crippen LogP contribution is 2.36. The highest BCUT2D eigenvalue weighted by atomic mass is 16.5. The normalized spacial score (nSPS) is 13.2. The van der Waals surface area contributed by atoms with E-state index in [9.17, 15) is 10.2 Å². The Labute approximate surface area is 109 Å². The van der Waals surface area contributed by atoms with Crippen molar-refractivity contribution in [3.8, 4) is 11.5 Å². The summed E-state index contributed by atoms with van der Waals surface area (Å²) < 4.78 is 5.10. The van der Waals surface area contributed by atoms with E-state index in [0.29, 0.717) is 18.2 Å². The van der Waals surface area contributed by atoms with Crippen molar-refractivity contribution >= 4 is 0 Å². The number of phenolic OH excluding ortho intramolecular Hbond substituents is 2. The Balaban J connectivity index is 2.98. The molecule has 1 aromatic carbocycles. The molecule has 0 aliphatic carbocycles. The van der Waals surface area contributed by atoms with Gasteiger partial charge in [-0.25, -0.2) is 0 Å². The zero-order valence-electron chi connectivity index (χ0n) is 11.6. The molecule has 18 heavy (non-hydrogen) atoms. The van der Waals surface area contributed by atoms with Gasteiger partial charge >= 0.3 is 0 Å². The minimum atomic E-state index is -0.0682. The fourth-order valence-corrected chi connectivity index (χ4v) is 2.23. The van der Waals surface area contributed by atoms with Gasteiger partial charge in [-0.3, -0.25) is 4.90 Å². The Kier molecular flexibility index (Phi) is 5.44. The van der Waals surface area contributed by atoms with Crippen LogP contribution in [0, 0.1) is 0 Å².